The van der Waals surface area contributed by atoms with E-state index in [1.165, 1.54) is 23.1 Å². The van der Waals surface area contributed by atoms with E-state index >= 15 is 0 Å². The Kier molecular flexibility index (Phi) is 5.72. The molecule has 10 heteroatoms. The van der Waals surface area contributed by atoms with Crippen molar-refractivity contribution in [2.24, 2.45) is 0 Å². The van der Waals surface area contributed by atoms with Crippen LogP contribution in [-0.4, -0.2) is 21.9 Å². The molecule has 0 atom stereocenters. The van der Waals surface area contributed by atoms with E-state index in [0.29, 0.717) is 5.69 Å². The molecule has 2 amide bonds. The molecular formula is C22H14BrN3O5S. The van der Waals surface area contributed by atoms with Crippen LogP contribution < -0.4 is 10.2 Å². The first-order valence-corrected chi connectivity index (χ1v) is 10.5. The van der Waals surface area contributed by atoms with E-state index in [9.17, 15) is 19.7 Å². The molecule has 2 aromatic carbocycles. The molecule has 1 aliphatic rings. The van der Waals surface area contributed by atoms with Crippen LogP contribution in [0.4, 0.5) is 11.4 Å². The van der Waals surface area contributed by atoms with Gasteiger partial charge in [-0.3, -0.25) is 29.9 Å². The standard InChI is InChI=1S/C22H14BrN3O5S/c1-12-10-13(23)6-8-17(12)25-21(28)16(20(27)24-22(25)32)11-14-7-9-19(31-14)15-4-2-3-5-18(15)26(29)30/h2-11H,1H3,(H,24,27,32)/b16-11-. The molecule has 0 saturated carbocycles. The molecule has 1 saturated heterocycles. The quantitative estimate of drug-likeness (QED) is 0.178. The molecule has 0 radical (unpaired) electrons. The van der Waals surface area contributed by atoms with E-state index in [-0.39, 0.29) is 33.5 Å². The highest BCUT2D eigenvalue weighted by molar-refractivity contribution is 9.10. The normalized spacial score (nSPS) is 15.2. The Balaban J connectivity index is 1.71. The number of hydrogen-bond acceptors (Lipinski definition) is 6. The number of benzene rings is 2. The zero-order valence-electron chi connectivity index (χ0n) is 16.5. The van der Waals surface area contributed by atoms with Gasteiger partial charge in [-0.25, -0.2) is 0 Å². The molecule has 2 heterocycles. The fourth-order valence-electron chi connectivity index (χ4n) is 3.30. The molecule has 0 aliphatic carbocycles. The maximum Gasteiger partial charge on any atom is 0.280 e. The lowest BCUT2D eigenvalue weighted by Crippen LogP contribution is -2.54. The molecule has 0 spiro atoms. The summed E-state index contributed by atoms with van der Waals surface area (Å²) in [4.78, 5) is 37.7. The van der Waals surface area contributed by atoms with Crippen molar-refractivity contribution in [3.63, 3.8) is 0 Å². The SMILES string of the molecule is Cc1cc(Br)ccc1N1C(=O)/C(=C\c2ccc(-c3ccccc3[N+](=O)[O-])o2)C(=O)NC1=S. The van der Waals surface area contributed by atoms with E-state index in [1.807, 2.05) is 13.0 Å². The summed E-state index contributed by atoms with van der Waals surface area (Å²) in [7, 11) is 0. The minimum absolute atomic E-state index is 0.0254. The predicted octanol–water partition coefficient (Wildman–Crippen LogP) is 4.76. The summed E-state index contributed by atoms with van der Waals surface area (Å²) in [6.07, 6.45) is 1.29. The Morgan fingerprint density at radius 3 is 2.62 bits per heavy atom. The lowest BCUT2D eigenvalue weighted by molar-refractivity contribution is -0.384. The maximum absolute atomic E-state index is 13.2. The second-order valence-electron chi connectivity index (χ2n) is 6.86. The van der Waals surface area contributed by atoms with Gasteiger partial charge in [0.05, 0.1) is 16.2 Å². The Hall–Kier alpha value is -3.63. The van der Waals surface area contributed by atoms with Crippen molar-refractivity contribution in [3.8, 4) is 11.3 Å². The summed E-state index contributed by atoms with van der Waals surface area (Å²) in [5.74, 6) is -0.830. The molecule has 1 aromatic heterocycles. The number of nitrogens with one attached hydrogen (secondary N) is 1. The fraction of sp³-hybridized carbons (Fsp3) is 0.0455. The number of rotatable bonds is 4. The second-order valence-corrected chi connectivity index (χ2v) is 8.17. The van der Waals surface area contributed by atoms with Crippen molar-refractivity contribution in [3.05, 3.63) is 86.1 Å². The van der Waals surface area contributed by atoms with Crippen molar-refractivity contribution >= 4 is 62.5 Å². The smallest absolute Gasteiger partial charge is 0.280 e. The molecule has 32 heavy (non-hydrogen) atoms. The van der Waals surface area contributed by atoms with Crippen molar-refractivity contribution in [1.29, 1.82) is 0 Å². The number of carbonyl (C=O) groups is 2. The van der Waals surface area contributed by atoms with E-state index in [0.717, 1.165) is 10.0 Å². The average Bonchev–Trinajstić information content (AvgIpc) is 3.21. The van der Waals surface area contributed by atoms with Gasteiger partial charge in [0, 0.05) is 10.5 Å². The van der Waals surface area contributed by atoms with E-state index < -0.39 is 16.7 Å². The average molecular weight is 512 g/mol. The number of furan rings is 1. The number of nitro benzene ring substituents is 1. The minimum Gasteiger partial charge on any atom is -0.456 e. The van der Waals surface area contributed by atoms with Crippen molar-refractivity contribution in [2.75, 3.05) is 4.90 Å². The van der Waals surface area contributed by atoms with Crippen LogP contribution in [0.3, 0.4) is 0 Å². The van der Waals surface area contributed by atoms with Crippen molar-refractivity contribution < 1.29 is 18.9 Å². The first kappa shape index (κ1) is 21.6. The molecule has 1 aliphatic heterocycles. The third kappa shape index (κ3) is 3.97. The number of anilines is 1. The highest BCUT2D eigenvalue weighted by Gasteiger charge is 2.35. The van der Waals surface area contributed by atoms with E-state index in [1.54, 1.807) is 36.4 Å². The molecule has 0 bridgehead atoms. The number of nitrogens with zero attached hydrogens (tertiary/aromatic N) is 2. The van der Waals surface area contributed by atoms with Gasteiger partial charge in [-0.2, -0.15) is 0 Å². The summed E-state index contributed by atoms with van der Waals surface area (Å²) in [5.41, 5.74) is 1.31. The van der Waals surface area contributed by atoms with Gasteiger partial charge in [0.2, 0.25) is 0 Å². The fourth-order valence-corrected chi connectivity index (χ4v) is 4.05. The largest absolute Gasteiger partial charge is 0.456 e. The van der Waals surface area contributed by atoms with Gasteiger partial charge in [0.15, 0.2) is 5.11 Å². The Morgan fingerprint density at radius 2 is 1.91 bits per heavy atom. The van der Waals surface area contributed by atoms with Crippen LogP contribution in [0.25, 0.3) is 17.4 Å². The number of para-hydroxylation sites is 1. The van der Waals surface area contributed by atoms with Gasteiger partial charge in [-0.05, 0) is 67.2 Å². The highest BCUT2D eigenvalue weighted by atomic mass is 79.9. The topological polar surface area (TPSA) is 106 Å². The lowest BCUT2D eigenvalue weighted by Gasteiger charge is -2.29. The Bertz CT molecular complexity index is 1330. The van der Waals surface area contributed by atoms with Crippen LogP contribution >= 0.6 is 28.1 Å². The van der Waals surface area contributed by atoms with Crippen LogP contribution in [0.5, 0.6) is 0 Å². The molecule has 1 fully saturated rings. The Morgan fingerprint density at radius 1 is 1.16 bits per heavy atom. The Labute approximate surface area is 195 Å². The second kappa shape index (κ2) is 8.48. The van der Waals surface area contributed by atoms with Crippen molar-refractivity contribution in [2.45, 2.75) is 6.92 Å². The van der Waals surface area contributed by atoms with E-state index in [4.69, 9.17) is 16.6 Å². The maximum atomic E-state index is 13.2. The van der Waals surface area contributed by atoms with Crippen LogP contribution in [0.1, 0.15) is 11.3 Å². The molecular weight excluding hydrogens is 498 g/mol. The molecule has 4 rings (SSSR count). The summed E-state index contributed by atoms with van der Waals surface area (Å²) in [6, 6.07) is 14.5. The van der Waals surface area contributed by atoms with Crippen molar-refractivity contribution in [1.82, 2.24) is 5.32 Å². The van der Waals surface area contributed by atoms with Gasteiger partial charge in [0.1, 0.15) is 17.1 Å². The molecule has 0 unspecified atom stereocenters. The van der Waals surface area contributed by atoms with Gasteiger partial charge in [0.25, 0.3) is 17.5 Å². The monoisotopic (exact) mass is 511 g/mol. The van der Waals surface area contributed by atoms with Crippen LogP contribution in [0, 0.1) is 17.0 Å². The third-order valence-corrected chi connectivity index (χ3v) is 5.56. The molecule has 1 N–H and O–H groups in total. The lowest BCUT2D eigenvalue weighted by atomic mass is 10.1. The first-order chi connectivity index (χ1) is 15.3. The zero-order chi connectivity index (χ0) is 23.0. The number of nitro groups is 1. The summed E-state index contributed by atoms with van der Waals surface area (Å²) >= 11 is 8.61. The zero-order valence-corrected chi connectivity index (χ0v) is 18.9. The van der Waals surface area contributed by atoms with E-state index in [2.05, 4.69) is 21.2 Å². The van der Waals surface area contributed by atoms with Gasteiger partial charge in [-0.15, -0.1) is 0 Å². The van der Waals surface area contributed by atoms with Crippen LogP contribution in [-0.2, 0) is 9.59 Å². The number of thiocarbonyl (C=S) groups is 1. The third-order valence-electron chi connectivity index (χ3n) is 4.78. The molecule has 3 aromatic rings. The number of halogens is 1. The molecule has 160 valence electrons. The number of carbonyl (C=O) groups excluding carboxylic acids is 2. The van der Waals surface area contributed by atoms with Gasteiger partial charge < -0.3 is 4.42 Å². The summed E-state index contributed by atoms with van der Waals surface area (Å²) in [5, 5.41) is 13.8. The summed E-state index contributed by atoms with van der Waals surface area (Å²) < 4.78 is 6.54. The molecule has 8 nitrogen and oxygen atoms in total. The van der Waals surface area contributed by atoms with Crippen LogP contribution in [0.2, 0.25) is 0 Å². The van der Waals surface area contributed by atoms with Gasteiger partial charge in [-0.1, -0.05) is 28.1 Å². The number of hydrogen-bond donors (Lipinski definition) is 1. The number of amides is 2. The van der Waals surface area contributed by atoms with Gasteiger partial charge >= 0.3 is 0 Å². The first-order valence-electron chi connectivity index (χ1n) is 9.27. The minimum atomic E-state index is -0.658. The predicted molar refractivity (Wildman–Crippen MR) is 126 cm³/mol. The number of aryl methyl sites for hydroxylation is 1. The highest BCUT2D eigenvalue weighted by Crippen LogP contribution is 2.32. The van der Waals surface area contributed by atoms with Crippen LogP contribution in [0.15, 0.2) is 69.1 Å². The summed E-state index contributed by atoms with van der Waals surface area (Å²) in [6.45, 7) is 1.82.